The van der Waals surface area contributed by atoms with E-state index in [0.717, 1.165) is 38.9 Å². The highest BCUT2D eigenvalue weighted by molar-refractivity contribution is 5.79. The van der Waals surface area contributed by atoms with Crippen molar-refractivity contribution in [2.75, 3.05) is 24.5 Å². The highest BCUT2D eigenvalue weighted by Crippen LogP contribution is 2.27. The monoisotopic (exact) mass is 273 g/mol. The van der Waals surface area contributed by atoms with Crippen LogP contribution in [0.1, 0.15) is 37.8 Å². The second-order valence-corrected chi connectivity index (χ2v) is 5.83. The summed E-state index contributed by atoms with van der Waals surface area (Å²) in [4.78, 5) is 16.1. The van der Waals surface area contributed by atoms with Gasteiger partial charge in [0.1, 0.15) is 0 Å². The van der Waals surface area contributed by atoms with E-state index in [1.54, 1.807) is 0 Å². The van der Waals surface area contributed by atoms with Crippen molar-refractivity contribution in [3.8, 4) is 0 Å². The van der Waals surface area contributed by atoms with Crippen molar-refractivity contribution >= 4 is 11.6 Å². The molecule has 2 unspecified atom stereocenters. The zero-order valence-electron chi connectivity index (χ0n) is 12.1. The van der Waals surface area contributed by atoms with Gasteiger partial charge in [-0.25, -0.2) is 0 Å². The van der Waals surface area contributed by atoms with Crippen LogP contribution in [0.15, 0.2) is 24.3 Å². The molecule has 2 aliphatic heterocycles. The smallest absolute Gasteiger partial charge is 0.223 e. The highest BCUT2D eigenvalue weighted by atomic mass is 16.2. The average molecular weight is 273 g/mol. The Morgan fingerprint density at radius 3 is 2.75 bits per heavy atom. The van der Waals surface area contributed by atoms with Gasteiger partial charge in [-0.3, -0.25) is 4.79 Å². The molecule has 2 saturated heterocycles. The van der Waals surface area contributed by atoms with E-state index in [0.29, 0.717) is 11.9 Å². The van der Waals surface area contributed by atoms with Crippen LogP contribution in [0.4, 0.5) is 5.69 Å². The van der Waals surface area contributed by atoms with E-state index in [1.807, 2.05) is 0 Å². The molecule has 3 rings (SSSR count). The first-order valence-corrected chi connectivity index (χ1v) is 7.59. The van der Waals surface area contributed by atoms with E-state index in [4.69, 9.17) is 5.73 Å². The van der Waals surface area contributed by atoms with Gasteiger partial charge in [0.05, 0.1) is 0 Å². The Hall–Kier alpha value is -1.55. The summed E-state index contributed by atoms with van der Waals surface area (Å²) in [5, 5.41) is 0. The van der Waals surface area contributed by atoms with Crippen LogP contribution >= 0.6 is 0 Å². The number of fused-ring (bicyclic) bond motifs is 1. The van der Waals surface area contributed by atoms with Crippen LogP contribution < -0.4 is 10.6 Å². The maximum absolute atomic E-state index is 11.7. The van der Waals surface area contributed by atoms with Gasteiger partial charge in [-0.15, -0.1) is 0 Å². The van der Waals surface area contributed by atoms with Gasteiger partial charge in [-0.1, -0.05) is 19.1 Å². The van der Waals surface area contributed by atoms with Crippen molar-refractivity contribution < 1.29 is 4.79 Å². The normalized spacial score (nSPS) is 23.9. The van der Waals surface area contributed by atoms with Crippen LogP contribution in [0.25, 0.3) is 0 Å². The number of carbonyl (C=O) groups excluding carboxylic acids is 1. The minimum absolute atomic E-state index is 0.133. The maximum atomic E-state index is 11.7. The lowest BCUT2D eigenvalue weighted by molar-refractivity contribution is -0.129. The SMILES string of the molecule is CCC(N)c1ccc(N2CCN3C(=O)CCC3C2)cc1. The number of rotatable bonds is 3. The number of anilines is 1. The van der Waals surface area contributed by atoms with Crippen molar-refractivity contribution in [3.63, 3.8) is 0 Å². The summed E-state index contributed by atoms with van der Waals surface area (Å²) < 4.78 is 0. The summed E-state index contributed by atoms with van der Waals surface area (Å²) in [5.41, 5.74) is 8.50. The summed E-state index contributed by atoms with van der Waals surface area (Å²) >= 11 is 0. The van der Waals surface area contributed by atoms with Crippen LogP contribution in [0, 0.1) is 0 Å². The zero-order valence-corrected chi connectivity index (χ0v) is 12.1. The van der Waals surface area contributed by atoms with Crippen molar-refractivity contribution in [2.24, 2.45) is 5.73 Å². The molecule has 2 heterocycles. The number of hydrogen-bond acceptors (Lipinski definition) is 3. The first kappa shape index (κ1) is 13.4. The fourth-order valence-corrected chi connectivity index (χ4v) is 3.27. The van der Waals surface area contributed by atoms with E-state index >= 15 is 0 Å². The van der Waals surface area contributed by atoms with Gasteiger partial charge < -0.3 is 15.5 Å². The zero-order chi connectivity index (χ0) is 14.1. The van der Waals surface area contributed by atoms with E-state index in [9.17, 15) is 4.79 Å². The van der Waals surface area contributed by atoms with Gasteiger partial charge >= 0.3 is 0 Å². The number of benzene rings is 1. The largest absolute Gasteiger partial charge is 0.368 e. The molecule has 2 N–H and O–H groups in total. The molecule has 4 nitrogen and oxygen atoms in total. The fourth-order valence-electron chi connectivity index (χ4n) is 3.27. The Morgan fingerprint density at radius 1 is 1.30 bits per heavy atom. The van der Waals surface area contributed by atoms with Crippen LogP contribution in [0.2, 0.25) is 0 Å². The molecule has 1 amide bonds. The van der Waals surface area contributed by atoms with E-state index in [2.05, 4.69) is 41.0 Å². The molecule has 0 saturated carbocycles. The molecule has 2 aliphatic rings. The number of carbonyl (C=O) groups is 1. The Morgan fingerprint density at radius 2 is 2.05 bits per heavy atom. The van der Waals surface area contributed by atoms with Crippen molar-refractivity contribution in [1.82, 2.24) is 4.90 Å². The number of nitrogens with zero attached hydrogens (tertiary/aromatic N) is 2. The Bertz CT molecular complexity index is 485. The maximum Gasteiger partial charge on any atom is 0.223 e. The summed E-state index contributed by atoms with van der Waals surface area (Å²) in [7, 11) is 0. The molecule has 2 fully saturated rings. The van der Waals surface area contributed by atoms with Crippen LogP contribution in [0.5, 0.6) is 0 Å². The number of piperazine rings is 1. The number of nitrogens with two attached hydrogens (primary N) is 1. The molecule has 108 valence electrons. The molecule has 0 spiro atoms. The molecule has 0 radical (unpaired) electrons. The predicted molar refractivity (Wildman–Crippen MR) is 80.6 cm³/mol. The third-order valence-electron chi connectivity index (χ3n) is 4.62. The lowest BCUT2D eigenvalue weighted by atomic mass is 10.0. The van der Waals surface area contributed by atoms with Crippen molar-refractivity contribution in [2.45, 2.75) is 38.3 Å². The first-order chi connectivity index (χ1) is 9.69. The molecule has 4 heteroatoms. The third kappa shape index (κ3) is 2.40. The third-order valence-corrected chi connectivity index (χ3v) is 4.62. The molecule has 1 aromatic rings. The Labute approximate surface area is 120 Å². The first-order valence-electron chi connectivity index (χ1n) is 7.59. The highest BCUT2D eigenvalue weighted by Gasteiger charge is 2.35. The van der Waals surface area contributed by atoms with Gasteiger partial charge in [0.2, 0.25) is 5.91 Å². The van der Waals surface area contributed by atoms with Crippen molar-refractivity contribution in [1.29, 1.82) is 0 Å². The average Bonchev–Trinajstić information content (AvgIpc) is 2.87. The molecule has 0 bridgehead atoms. The second kappa shape index (κ2) is 5.44. The van der Waals surface area contributed by atoms with E-state index in [-0.39, 0.29) is 6.04 Å². The summed E-state index contributed by atoms with van der Waals surface area (Å²) in [6.07, 6.45) is 2.69. The topological polar surface area (TPSA) is 49.6 Å². The summed E-state index contributed by atoms with van der Waals surface area (Å²) in [6, 6.07) is 9.14. The molecular weight excluding hydrogens is 250 g/mol. The van der Waals surface area contributed by atoms with Gasteiger partial charge in [0.25, 0.3) is 0 Å². The molecule has 0 aromatic heterocycles. The molecule has 1 aromatic carbocycles. The Kier molecular flexibility index (Phi) is 3.66. The number of hydrogen-bond donors (Lipinski definition) is 1. The van der Waals surface area contributed by atoms with Crippen LogP contribution in [-0.4, -0.2) is 36.5 Å². The predicted octanol–water partition coefficient (Wildman–Crippen LogP) is 1.91. The summed E-state index contributed by atoms with van der Waals surface area (Å²) in [6.45, 7) is 4.86. The standard InChI is InChI=1S/C16H23N3O/c1-2-15(17)12-3-5-13(6-4-12)18-9-10-19-14(11-18)7-8-16(19)20/h3-6,14-15H,2,7-11,17H2,1H3. The van der Waals surface area contributed by atoms with Gasteiger partial charge in [-0.05, 0) is 30.5 Å². The van der Waals surface area contributed by atoms with Crippen LogP contribution in [0.3, 0.4) is 0 Å². The van der Waals surface area contributed by atoms with Gasteiger partial charge in [0, 0.05) is 43.8 Å². The minimum Gasteiger partial charge on any atom is -0.368 e. The number of amides is 1. The van der Waals surface area contributed by atoms with Gasteiger partial charge in [0.15, 0.2) is 0 Å². The molecule has 20 heavy (non-hydrogen) atoms. The Balaban J connectivity index is 1.69. The fraction of sp³-hybridized carbons (Fsp3) is 0.562. The van der Waals surface area contributed by atoms with Crippen molar-refractivity contribution in [3.05, 3.63) is 29.8 Å². The molecular formula is C16H23N3O. The van der Waals surface area contributed by atoms with Crippen LogP contribution in [-0.2, 0) is 4.79 Å². The quantitative estimate of drug-likeness (QED) is 0.915. The minimum atomic E-state index is 0.133. The second-order valence-electron chi connectivity index (χ2n) is 5.83. The molecule has 0 aliphatic carbocycles. The summed E-state index contributed by atoms with van der Waals surface area (Å²) in [5.74, 6) is 0.332. The lowest BCUT2D eigenvalue weighted by Gasteiger charge is -2.39. The van der Waals surface area contributed by atoms with Gasteiger partial charge in [-0.2, -0.15) is 0 Å². The van der Waals surface area contributed by atoms with E-state index < -0.39 is 0 Å². The van der Waals surface area contributed by atoms with E-state index in [1.165, 1.54) is 11.3 Å². The molecule has 2 atom stereocenters. The lowest BCUT2D eigenvalue weighted by Crippen LogP contribution is -2.51.